The number of rotatable bonds is 12. The van der Waals surface area contributed by atoms with Crippen LogP contribution >= 0.6 is 11.3 Å². The van der Waals surface area contributed by atoms with Crippen LogP contribution in [0.15, 0.2) is 60.0 Å². The maximum atomic E-state index is 14.3. The van der Waals surface area contributed by atoms with Crippen LogP contribution in [0.5, 0.6) is 11.5 Å². The van der Waals surface area contributed by atoms with Crippen LogP contribution in [0, 0.1) is 5.82 Å². The van der Waals surface area contributed by atoms with Crippen molar-refractivity contribution in [1.82, 2.24) is 30.4 Å². The van der Waals surface area contributed by atoms with Crippen molar-refractivity contribution in [3.05, 3.63) is 76.2 Å². The van der Waals surface area contributed by atoms with E-state index in [0.717, 1.165) is 47.3 Å². The number of nitrogens with zero attached hydrogens (tertiary/aromatic N) is 5. The number of tetrazole rings is 1. The zero-order valence-corrected chi connectivity index (χ0v) is 25.1. The molecule has 0 saturated heterocycles. The third-order valence-electron chi connectivity index (χ3n) is 7.58. The van der Waals surface area contributed by atoms with Gasteiger partial charge in [0.05, 0.1) is 19.8 Å². The van der Waals surface area contributed by atoms with Crippen molar-refractivity contribution in [3.8, 4) is 22.9 Å². The highest BCUT2D eigenvalue weighted by Gasteiger charge is 2.34. The van der Waals surface area contributed by atoms with Crippen LogP contribution < -0.4 is 14.8 Å². The number of ether oxygens (including phenoxy) is 2. The number of methoxy groups -OCH3 is 2. The van der Waals surface area contributed by atoms with E-state index in [1.54, 1.807) is 37.3 Å². The minimum atomic E-state index is -0.843. The minimum absolute atomic E-state index is 0.0758. The zero-order valence-electron chi connectivity index (χ0n) is 24.2. The summed E-state index contributed by atoms with van der Waals surface area (Å²) in [5.74, 6) is 0.194. The average molecular weight is 607 g/mol. The number of hydrogen-bond acceptors (Lipinski definition) is 8. The molecule has 1 fully saturated rings. The maximum absolute atomic E-state index is 14.3. The molecule has 10 nitrogen and oxygen atoms in total. The first-order valence-corrected chi connectivity index (χ1v) is 15.2. The van der Waals surface area contributed by atoms with Gasteiger partial charge >= 0.3 is 0 Å². The molecule has 2 aromatic carbocycles. The number of thiophene rings is 1. The van der Waals surface area contributed by atoms with Gasteiger partial charge in [0.1, 0.15) is 18.4 Å². The number of carbonyl (C=O) groups excluding carboxylic acids is 2. The van der Waals surface area contributed by atoms with E-state index in [1.807, 2.05) is 35.7 Å². The fourth-order valence-electron chi connectivity index (χ4n) is 5.35. The molecule has 0 bridgehead atoms. The molecule has 43 heavy (non-hydrogen) atoms. The molecule has 1 saturated carbocycles. The van der Waals surface area contributed by atoms with E-state index in [2.05, 4.69) is 20.7 Å². The fourth-order valence-corrected chi connectivity index (χ4v) is 6.19. The summed E-state index contributed by atoms with van der Waals surface area (Å²) in [7, 11) is 3.14. The molecule has 0 spiro atoms. The Kier molecular flexibility index (Phi) is 9.98. The van der Waals surface area contributed by atoms with Crippen molar-refractivity contribution >= 4 is 23.2 Å². The monoisotopic (exact) mass is 606 g/mol. The number of carbonyl (C=O) groups is 2. The quantitative estimate of drug-likeness (QED) is 0.246. The van der Waals surface area contributed by atoms with E-state index in [4.69, 9.17) is 9.47 Å². The first-order valence-electron chi connectivity index (χ1n) is 14.3. The highest BCUT2D eigenvalue weighted by atomic mass is 32.1. The molecule has 2 amide bonds. The molecule has 1 aliphatic carbocycles. The standard InChI is InChI=1S/C31H35FN6O4S/c1-41-25-15-14-21(19-26(25)42-2)16-17-37(28(39)20-38-35-30(34-36-38)23-11-6-7-12-24(23)32)29(27-13-8-18-43-27)31(40)33-22-9-4-3-5-10-22/h6-8,11-15,18-19,22,29H,3-5,9-10,16-17,20H2,1-2H3,(H,33,40)/t29-/m1/s1. The molecule has 5 rings (SSSR count). The van der Waals surface area contributed by atoms with E-state index in [9.17, 15) is 14.0 Å². The molecule has 1 atom stereocenters. The molecule has 0 aliphatic heterocycles. The molecule has 0 radical (unpaired) electrons. The second-order valence-electron chi connectivity index (χ2n) is 10.4. The molecule has 0 unspecified atom stereocenters. The summed E-state index contributed by atoms with van der Waals surface area (Å²) in [6.45, 7) is -0.0319. The van der Waals surface area contributed by atoms with E-state index in [-0.39, 0.29) is 42.3 Å². The molecule has 2 heterocycles. The van der Waals surface area contributed by atoms with Crippen LogP contribution in [-0.4, -0.2) is 63.7 Å². The lowest BCUT2D eigenvalue weighted by atomic mass is 9.95. The van der Waals surface area contributed by atoms with Gasteiger partial charge in [-0.25, -0.2) is 4.39 Å². The summed E-state index contributed by atoms with van der Waals surface area (Å²) in [6.07, 6.45) is 5.60. The second kappa shape index (κ2) is 14.2. The minimum Gasteiger partial charge on any atom is -0.493 e. The highest BCUT2D eigenvalue weighted by Crippen LogP contribution is 2.30. The van der Waals surface area contributed by atoms with Crippen LogP contribution in [0.25, 0.3) is 11.4 Å². The third kappa shape index (κ3) is 7.37. The van der Waals surface area contributed by atoms with E-state index >= 15 is 0 Å². The predicted octanol–water partition coefficient (Wildman–Crippen LogP) is 4.82. The van der Waals surface area contributed by atoms with E-state index in [0.29, 0.717) is 17.9 Å². The number of nitrogens with one attached hydrogen (secondary N) is 1. The number of aromatic nitrogens is 4. The number of hydrogen-bond donors (Lipinski definition) is 1. The van der Waals surface area contributed by atoms with Gasteiger partial charge in [0.15, 0.2) is 11.5 Å². The third-order valence-corrected chi connectivity index (χ3v) is 8.50. The van der Waals surface area contributed by atoms with Crippen molar-refractivity contribution in [1.29, 1.82) is 0 Å². The van der Waals surface area contributed by atoms with Crippen LogP contribution in [0.1, 0.15) is 48.6 Å². The summed E-state index contributed by atoms with van der Waals surface area (Å²) in [5.41, 5.74) is 1.10. The second-order valence-corrected chi connectivity index (χ2v) is 11.4. The lowest BCUT2D eigenvalue weighted by Gasteiger charge is -2.32. The largest absolute Gasteiger partial charge is 0.493 e. The Balaban J connectivity index is 1.43. The first kappa shape index (κ1) is 30.1. The van der Waals surface area contributed by atoms with Crippen molar-refractivity contribution in [3.63, 3.8) is 0 Å². The van der Waals surface area contributed by atoms with Crippen molar-refractivity contribution < 1.29 is 23.5 Å². The number of halogens is 1. The van der Waals surface area contributed by atoms with E-state index in [1.165, 1.54) is 17.4 Å². The van der Waals surface area contributed by atoms with Gasteiger partial charge in [0, 0.05) is 17.5 Å². The smallest absolute Gasteiger partial charge is 0.248 e. The SMILES string of the molecule is COc1ccc(CCN(C(=O)Cn2nnc(-c3ccccc3F)n2)[C@@H](C(=O)NC2CCCCC2)c2cccs2)cc1OC. The van der Waals surface area contributed by atoms with Crippen molar-refractivity contribution in [2.75, 3.05) is 20.8 Å². The van der Waals surface area contributed by atoms with Gasteiger partial charge in [-0.3, -0.25) is 9.59 Å². The average Bonchev–Trinajstić information content (AvgIpc) is 3.72. The summed E-state index contributed by atoms with van der Waals surface area (Å²) in [4.78, 5) is 31.4. The van der Waals surface area contributed by atoms with Gasteiger partial charge in [0.25, 0.3) is 0 Å². The molecular weight excluding hydrogens is 571 g/mol. The lowest BCUT2D eigenvalue weighted by molar-refractivity contribution is -0.142. The van der Waals surface area contributed by atoms with E-state index < -0.39 is 11.9 Å². The Morgan fingerprint density at radius 1 is 1.07 bits per heavy atom. The topological polar surface area (TPSA) is 111 Å². The molecule has 1 aliphatic rings. The normalized spacial score (nSPS) is 14.2. The Bertz CT molecular complexity index is 1520. The number of amides is 2. The van der Waals surface area contributed by atoms with Gasteiger partial charge < -0.3 is 19.7 Å². The number of benzene rings is 2. The Morgan fingerprint density at radius 2 is 1.86 bits per heavy atom. The molecule has 1 N–H and O–H groups in total. The van der Waals surface area contributed by atoms with Gasteiger partial charge in [-0.05, 0) is 65.8 Å². The van der Waals surface area contributed by atoms with Gasteiger partial charge in [-0.2, -0.15) is 4.80 Å². The summed E-state index contributed by atoms with van der Waals surface area (Å²) in [6, 6.07) is 14.7. The van der Waals surface area contributed by atoms with Crippen LogP contribution in [0.2, 0.25) is 0 Å². The summed E-state index contributed by atoms with van der Waals surface area (Å²) >= 11 is 1.43. The molecule has 2 aromatic heterocycles. The molecule has 4 aromatic rings. The predicted molar refractivity (Wildman–Crippen MR) is 160 cm³/mol. The van der Waals surface area contributed by atoms with Gasteiger partial charge in [0.2, 0.25) is 17.6 Å². The van der Waals surface area contributed by atoms with Crippen molar-refractivity contribution in [2.45, 2.75) is 57.2 Å². The van der Waals surface area contributed by atoms with Crippen LogP contribution in [0.4, 0.5) is 4.39 Å². The molecular formula is C31H35FN6O4S. The van der Waals surface area contributed by atoms with Crippen LogP contribution in [-0.2, 0) is 22.6 Å². The highest BCUT2D eigenvalue weighted by molar-refractivity contribution is 7.10. The lowest BCUT2D eigenvalue weighted by Crippen LogP contribution is -2.48. The van der Waals surface area contributed by atoms with Gasteiger partial charge in [-0.15, -0.1) is 21.5 Å². The zero-order chi connectivity index (χ0) is 30.2. The van der Waals surface area contributed by atoms with Gasteiger partial charge in [-0.1, -0.05) is 43.5 Å². The Morgan fingerprint density at radius 3 is 2.58 bits per heavy atom. The van der Waals surface area contributed by atoms with Crippen LogP contribution in [0.3, 0.4) is 0 Å². The molecule has 12 heteroatoms. The Labute approximate surface area is 253 Å². The first-order chi connectivity index (χ1) is 21.0. The summed E-state index contributed by atoms with van der Waals surface area (Å²) < 4.78 is 25.2. The van der Waals surface area contributed by atoms with Crippen molar-refractivity contribution in [2.24, 2.45) is 0 Å². The molecule has 226 valence electrons. The Hall–Kier alpha value is -4.32. The summed E-state index contributed by atoms with van der Waals surface area (Å²) in [5, 5.41) is 17.3. The maximum Gasteiger partial charge on any atom is 0.248 e. The fraction of sp³-hybridized carbons (Fsp3) is 0.387.